The highest BCUT2D eigenvalue weighted by atomic mass is 16.5. The first kappa shape index (κ1) is 17.8. The Morgan fingerprint density at radius 3 is 2.48 bits per heavy atom. The van der Waals surface area contributed by atoms with Crippen LogP contribution in [0, 0.1) is 5.92 Å². The Hall–Kier alpha value is -2.04. The van der Waals surface area contributed by atoms with E-state index in [0.29, 0.717) is 0 Å². The second kappa shape index (κ2) is 7.06. The van der Waals surface area contributed by atoms with E-state index >= 15 is 0 Å². The molecule has 2 aromatic carbocycles. The smallest absolute Gasteiger partial charge is 0.119 e. The third kappa shape index (κ3) is 3.24. The molecule has 0 fully saturated rings. The van der Waals surface area contributed by atoms with E-state index in [4.69, 9.17) is 9.47 Å². The van der Waals surface area contributed by atoms with Crippen LogP contribution in [0.15, 0.2) is 42.5 Å². The molecular weight excluding hydrogens is 314 g/mol. The van der Waals surface area contributed by atoms with Crippen LogP contribution in [0.2, 0.25) is 0 Å². The predicted molar refractivity (Wildman–Crippen MR) is 99.4 cm³/mol. The molecule has 1 aliphatic carbocycles. The van der Waals surface area contributed by atoms with Crippen molar-refractivity contribution in [3.8, 4) is 11.5 Å². The van der Waals surface area contributed by atoms with E-state index in [2.05, 4.69) is 11.0 Å². The maximum Gasteiger partial charge on any atom is 0.119 e. The maximum absolute atomic E-state index is 12.0. The Morgan fingerprint density at radius 1 is 1.08 bits per heavy atom. The van der Waals surface area contributed by atoms with Crippen molar-refractivity contribution in [3.05, 3.63) is 59.2 Å². The number of hydrogen-bond acceptors (Lipinski definition) is 4. The SMILES string of the molecule is COc1cccc([C@@]2(O)c3cc(OC)ccc3CCC2CN(C)C)c1. The molecule has 4 heteroatoms. The Morgan fingerprint density at radius 2 is 1.80 bits per heavy atom. The Labute approximate surface area is 150 Å². The van der Waals surface area contributed by atoms with Gasteiger partial charge in [0.25, 0.3) is 0 Å². The fourth-order valence-corrected chi connectivity index (χ4v) is 3.93. The van der Waals surface area contributed by atoms with Crippen molar-refractivity contribution in [2.45, 2.75) is 18.4 Å². The van der Waals surface area contributed by atoms with Crippen LogP contribution in [0.5, 0.6) is 11.5 Å². The number of ether oxygens (including phenoxy) is 2. The van der Waals surface area contributed by atoms with Crippen molar-refractivity contribution in [1.82, 2.24) is 4.90 Å². The van der Waals surface area contributed by atoms with Gasteiger partial charge in [-0.2, -0.15) is 0 Å². The average Bonchev–Trinajstić information content (AvgIpc) is 2.63. The van der Waals surface area contributed by atoms with Gasteiger partial charge in [0.1, 0.15) is 17.1 Å². The number of aryl methyl sites for hydroxylation is 1. The van der Waals surface area contributed by atoms with Gasteiger partial charge in [-0.05, 0) is 67.9 Å². The van der Waals surface area contributed by atoms with Crippen LogP contribution in [-0.2, 0) is 12.0 Å². The summed E-state index contributed by atoms with van der Waals surface area (Å²) >= 11 is 0. The van der Waals surface area contributed by atoms with Crippen molar-refractivity contribution in [3.63, 3.8) is 0 Å². The quantitative estimate of drug-likeness (QED) is 0.908. The number of rotatable bonds is 5. The molecule has 0 spiro atoms. The van der Waals surface area contributed by atoms with Gasteiger partial charge < -0.3 is 19.5 Å². The zero-order valence-electron chi connectivity index (χ0n) is 15.5. The number of benzene rings is 2. The lowest BCUT2D eigenvalue weighted by Gasteiger charge is -2.43. The molecule has 0 radical (unpaired) electrons. The number of fused-ring (bicyclic) bond motifs is 1. The molecule has 0 saturated heterocycles. The highest BCUT2D eigenvalue weighted by Gasteiger charge is 2.44. The van der Waals surface area contributed by atoms with Gasteiger partial charge in [-0.3, -0.25) is 0 Å². The minimum Gasteiger partial charge on any atom is -0.497 e. The molecule has 0 heterocycles. The van der Waals surface area contributed by atoms with E-state index < -0.39 is 5.60 Å². The first-order valence-corrected chi connectivity index (χ1v) is 8.68. The zero-order valence-corrected chi connectivity index (χ0v) is 15.5. The van der Waals surface area contributed by atoms with Crippen LogP contribution >= 0.6 is 0 Å². The number of methoxy groups -OCH3 is 2. The average molecular weight is 341 g/mol. The van der Waals surface area contributed by atoms with Crippen molar-refractivity contribution in [1.29, 1.82) is 0 Å². The van der Waals surface area contributed by atoms with Gasteiger partial charge in [-0.25, -0.2) is 0 Å². The summed E-state index contributed by atoms with van der Waals surface area (Å²) in [5.41, 5.74) is 1.92. The molecule has 1 aliphatic rings. The number of aliphatic hydroxyl groups is 1. The minimum atomic E-state index is -1.07. The van der Waals surface area contributed by atoms with Crippen molar-refractivity contribution in [2.75, 3.05) is 34.9 Å². The van der Waals surface area contributed by atoms with Crippen LogP contribution < -0.4 is 9.47 Å². The fourth-order valence-electron chi connectivity index (χ4n) is 3.93. The molecule has 25 heavy (non-hydrogen) atoms. The molecule has 134 valence electrons. The lowest BCUT2D eigenvalue weighted by atomic mass is 9.68. The van der Waals surface area contributed by atoms with Gasteiger partial charge in [0.05, 0.1) is 14.2 Å². The molecule has 0 bridgehead atoms. The van der Waals surface area contributed by atoms with E-state index in [1.807, 2.05) is 50.5 Å². The third-order valence-electron chi connectivity index (χ3n) is 5.18. The molecule has 4 nitrogen and oxygen atoms in total. The predicted octanol–water partition coefficient (Wildman–Crippen LogP) is 3.06. The molecule has 2 atom stereocenters. The second-order valence-electron chi connectivity index (χ2n) is 7.02. The Kier molecular flexibility index (Phi) is 5.02. The molecule has 0 aliphatic heterocycles. The van der Waals surface area contributed by atoms with Gasteiger partial charge in [-0.15, -0.1) is 0 Å². The van der Waals surface area contributed by atoms with Crippen LogP contribution in [0.25, 0.3) is 0 Å². The highest BCUT2D eigenvalue weighted by molar-refractivity contribution is 5.49. The summed E-state index contributed by atoms with van der Waals surface area (Å²) in [7, 11) is 7.41. The molecule has 2 aromatic rings. The number of nitrogens with zero attached hydrogens (tertiary/aromatic N) is 1. The van der Waals surface area contributed by atoms with Gasteiger partial charge in [0.2, 0.25) is 0 Å². The van der Waals surface area contributed by atoms with Gasteiger partial charge in [0.15, 0.2) is 0 Å². The van der Waals surface area contributed by atoms with Crippen LogP contribution in [0.3, 0.4) is 0 Å². The summed E-state index contributed by atoms with van der Waals surface area (Å²) in [6.07, 6.45) is 1.90. The van der Waals surface area contributed by atoms with Crippen LogP contribution in [0.4, 0.5) is 0 Å². The molecule has 0 amide bonds. The molecule has 0 saturated carbocycles. The summed E-state index contributed by atoms with van der Waals surface area (Å²) in [6.45, 7) is 0.810. The largest absolute Gasteiger partial charge is 0.497 e. The molecule has 1 N–H and O–H groups in total. The van der Waals surface area contributed by atoms with Gasteiger partial charge in [-0.1, -0.05) is 18.2 Å². The normalized spacial score (nSPS) is 22.6. The Balaban J connectivity index is 2.18. The zero-order chi connectivity index (χ0) is 18.0. The standard InChI is InChI=1S/C21H27NO3/c1-22(2)14-17-10-8-15-9-11-19(25-4)13-20(15)21(17,23)16-6-5-7-18(12-16)24-3/h5-7,9,11-13,17,23H,8,10,14H2,1-4H3/t17?,21-/m0/s1. The van der Waals surface area contributed by atoms with E-state index in [1.165, 1.54) is 5.56 Å². The first-order valence-electron chi connectivity index (χ1n) is 8.68. The monoisotopic (exact) mass is 341 g/mol. The number of hydrogen-bond donors (Lipinski definition) is 1. The molecule has 1 unspecified atom stereocenters. The Bertz CT molecular complexity index is 744. The summed E-state index contributed by atoms with van der Waals surface area (Å²) in [5.74, 6) is 1.62. The van der Waals surface area contributed by atoms with E-state index in [-0.39, 0.29) is 5.92 Å². The van der Waals surface area contributed by atoms with E-state index in [0.717, 1.165) is 42.0 Å². The van der Waals surface area contributed by atoms with Gasteiger partial charge in [0, 0.05) is 12.5 Å². The van der Waals surface area contributed by atoms with E-state index in [9.17, 15) is 5.11 Å². The van der Waals surface area contributed by atoms with E-state index in [1.54, 1.807) is 14.2 Å². The summed E-state index contributed by atoms with van der Waals surface area (Å²) in [5, 5.41) is 12.0. The molecular formula is C21H27NO3. The summed E-state index contributed by atoms with van der Waals surface area (Å²) in [6, 6.07) is 13.8. The summed E-state index contributed by atoms with van der Waals surface area (Å²) in [4.78, 5) is 2.14. The second-order valence-corrected chi connectivity index (χ2v) is 7.02. The highest BCUT2D eigenvalue weighted by Crippen LogP contribution is 2.46. The minimum absolute atomic E-state index is 0.0919. The van der Waals surface area contributed by atoms with Crippen molar-refractivity contribution in [2.24, 2.45) is 5.92 Å². The third-order valence-corrected chi connectivity index (χ3v) is 5.18. The topological polar surface area (TPSA) is 41.9 Å². The van der Waals surface area contributed by atoms with Crippen LogP contribution in [0.1, 0.15) is 23.1 Å². The van der Waals surface area contributed by atoms with Crippen molar-refractivity contribution >= 4 is 0 Å². The molecule has 3 rings (SSSR count). The van der Waals surface area contributed by atoms with Gasteiger partial charge >= 0.3 is 0 Å². The maximum atomic E-state index is 12.0. The van der Waals surface area contributed by atoms with Crippen molar-refractivity contribution < 1.29 is 14.6 Å². The van der Waals surface area contributed by atoms with Crippen LogP contribution in [-0.4, -0.2) is 44.9 Å². The lowest BCUT2D eigenvalue weighted by molar-refractivity contribution is -0.00668. The summed E-state index contributed by atoms with van der Waals surface area (Å²) < 4.78 is 10.8. The lowest BCUT2D eigenvalue weighted by Crippen LogP contribution is -2.45. The first-order chi connectivity index (χ1) is 12.0. The fraction of sp³-hybridized carbons (Fsp3) is 0.429. The molecule has 0 aromatic heterocycles.